The Morgan fingerprint density at radius 3 is 2.46 bits per heavy atom. The molecule has 0 saturated heterocycles. The van der Waals surface area contributed by atoms with E-state index in [-0.39, 0.29) is 12.5 Å². The zero-order chi connectivity index (χ0) is 18.4. The Labute approximate surface area is 152 Å². The quantitative estimate of drug-likeness (QED) is 0.707. The molecular weight excluding hydrogens is 330 g/mol. The van der Waals surface area contributed by atoms with Crippen LogP contribution in [-0.2, 0) is 17.8 Å². The summed E-state index contributed by atoms with van der Waals surface area (Å²) in [5, 5.41) is 10.8. The number of ether oxygens (including phenoxy) is 1. The molecule has 0 fully saturated rings. The minimum atomic E-state index is -0.167. The van der Waals surface area contributed by atoms with Crippen molar-refractivity contribution in [1.29, 1.82) is 0 Å². The first kappa shape index (κ1) is 17.7. The molecule has 0 radical (unpaired) electrons. The van der Waals surface area contributed by atoms with Crippen LogP contribution >= 0.6 is 0 Å². The van der Waals surface area contributed by atoms with E-state index in [1.54, 1.807) is 12.1 Å². The lowest BCUT2D eigenvalue weighted by Gasteiger charge is -2.08. The van der Waals surface area contributed by atoms with E-state index < -0.39 is 0 Å². The van der Waals surface area contributed by atoms with Crippen LogP contribution in [0.15, 0.2) is 52.9 Å². The molecule has 26 heavy (non-hydrogen) atoms. The van der Waals surface area contributed by atoms with Gasteiger partial charge in [-0.05, 0) is 36.8 Å². The fourth-order valence-corrected chi connectivity index (χ4v) is 2.31. The van der Waals surface area contributed by atoms with E-state index in [1.165, 1.54) is 5.56 Å². The number of benzene rings is 2. The van der Waals surface area contributed by atoms with Crippen LogP contribution in [0.2, 0.25) is 0 Å². The molecule has 3 aromatic rings. The topological polar surface area (TPSA) is 77.2 Å². The summed E-state index contributed by atoms with van der Waals surface area (Å²) in [6.07, 6.45) is 0.700. The molecule has 0 aliphatic carbocycles. The van der Waals surface area contributed by atoms with E-state index in [0.717, 1.165) is 11.1 Å². The van der Waals surface area contributed by atoms with Crippen LogP contribution in [0.3, 0.4) is 0 Å². The monoisotopic (exact) mass is 351 g/mol. The van der Waals surface area contributed by atoms with E-state index in [0.29, 0.717) is 30.5 Å². The van der Waals surface area contributed by atoms with Gasteiger partial charge in [-0.1, -0.05) is 36.8 Å². The number of hydrogen-bond acceptors (Lipinski definition) is 5. The van der Waals surface area contributed by atoms with Crippen molar-refractivity contribution in [3.8, 4) is 17.2 Å². The predicted octanol–water partition coefficient (Wildman–Crippen LogP) is 3.30. The van der Waals surface area contributed by atoms with E-state index >= 15 is 0 Å². The minimum Gasteiger partial charge on any atom is -0.484 e. The van der Waals surface area contributed by atoms with Crippen molar-refractivity contribution >= 4 is 5.91 Å². The molecule has 3 rings (SSSR count). The highest BCUT2D eigenvalue weighted by molar-refractivity contribution is 5.77. The maximum absolute atomic E-state index is 11.9. The van der Waals surface area contributed by atoms with Crippen LogP contribution in [0.1, 0.15) is 23.9 Å². The molecule has 1 aromatic heterocycles. The number of aromatic nitrogens is 2. The van der Waals surface area contributed by atoms with Crippen molar-refractivity contribution in [3.05, 3.63) is 65.5 Å². The van der Waals surface area contributed by atoms with Crippen molar-refractivity contribution in [2.24, 2.45) is 0 Å². The third kappa shape index (κ3) is 4.69. The Bertz CT molecular complexity index is 855. The summed E-state index contributed by atoms with van der Waals surface area (Å²) in [6, 6.07) is 15.2. The van der Waals surface area contributed by atoms with E-state index in [2.05, 4.69) is 15.5 Å². The number of amides is 1. The highest BCUT2D eigenvalue weighted by Gasteiger charge is 2.08. The highest BCUT2D eigenvalue weighted by atomic mass is 16.5. The lowest BCUT2D eigenvalue weighted by molar-refractivity contribution is -0.123. The lowest BCUT2D eigenvalue weighted by Crippen LogP contribution is -2.28. The minimum absolute atomic E-state index is 0.0360. The molecule has 0 aliphatic rings. The standard InChI is InChI=1S/C20H21N3O3/c1-3-19-22-23-20(26-19)16-8-10-17(11-9-16)25-13-18(24)21-12-15-6-4-14(2)5-7-15/h4-11H,3,12-13H2,1-2H3,(H,21,24). The molecule has 2 aromatic carbocycles. The largest absolute Gasteiger partial charge is 0.484 e. The second-order valence-corrected chi connectivity index (χ2v) is 5.93. The van der Waals surface area contributed by atoms with Gasteiger partial charge in [-0.25, -0.2) is 0 Å². The molecule has 0 spiro atoms. The summed E-state index contributed by atoms with van der Waals surface area (Å²) in [5.41, 5.74) is 3.06. The maximum Gasteiger partial charge on any atom is 0.258 e. The molecule has 0 aliphatic heterocycles. The van der Waals surface area contributed by atoms with Gasteiger partial charge in [-0.3, -0.25) is 4.79 Å². The van der Waals surface area contributed by atoms with Gasteiger partial charge >= 0.3 is 0 Å². The normalized spacial score (nSPS) is 10.5. The van der Waals surface area contributed by atoms with Gasteiger partial charge in [0.2, 0.25) is 11.8 Å². The van der Waals surface area contributed by atoms with E-state index in [1.807, 2.05) is 50.2 Å². The Balaban J connectivity index is 1.48. The van der Waals surface area contributed by atoms with Gasteiger partial charge in [0.1, 0.15) is 5.75 Å². The first-order valence-electron chi connectivity index (χ1n) is 8.52. The Hall–Kier alpha value is -3.15. The van der Waals surface area contributed by atoms with Gasteiger partial charge in [0.05, 0.1) is 0 Å². The molecule has 134 valence electrons. The molecule has 6 heteroatoms. The second kappa shape index (κ2) is 8.29. The number of carbonyl (C=O) groups is 1. The second-order valence-electron chi connectivity index (χ2n) is 5.93. The number of rotatable bonds is 7. The third-order valence-corrected chi connectivity index (χ3v) is 3.85. The maximum atomic E-state index is 11.9. The fourth-order valence-electron chi connectivity index (χ4n) is 2.31. The molecule has 1 heterocycles. The van der Waals surface area contributed by atoms with Crippen LogP contribution in [0.4, 0.5) is 0 Å². The summed E-state index contributed by atoms with van der Waals surface area (Å²) >= 11 is 0. The SMILES string of the molecule is CCc1nnc(-c2ccc(OCC(=O)NCc3ccc(C)cc3)cc2)o1. The molecular formula is C20H21N3O3. The Kier molecular flexibility index (Phi) is 5.63. The molecule has 1 amide bonds. The van der Waals surface area contributed by atoms with E-state index in [4.69, 9.17) is 9.15 Å². The van der Waals surface area contributed by atoms with Crippen molar-refractivity contribution in [2.75, 3.05) is 6.61 Å². The zero-order valence-corrected chi connectivity index (χ0v) is 14.9. The summed E-state index contributed by atoms with van der Waals surface area (Å²) in [7, 11) is 0. The van der Waals surface area contributed by atoms with Crippen LogP contribution in [-0.4, -0.2) is 22.7 Å². The van der Waals surface area contributed by atoms with Crippen LogP contribution in [0, 0.1) is 6.92 Å². The van der Waals surface area contributed by atoms with Crippen molar-refractivity contribution in [1.82, 2.24) is 15.5 Å². The predicted molar refractivity (Wildman–Crippen MR) is 97.6 cm³/mol. The molecule has 0 bridgehead atoms. The third-order valence-electron chi connectivity index (χ3n) is 3.85. The fraction of sp³-hybridized carbons (Fsp3) is 0.250. The lowest BCUT2D eigenvalue weighted by atomic mass is 10.1. The van der Waals surface area contributed by atoms with Crippen molar-refractivity contribution in [2.45, 2.75) is 26.8 Å². The Morgan fingerprint density at radius 1 is 1.08 bits per heavy atom. The van der Waals surface area contributed by atoms with Crippen molar-refractivity contribution < 1.29 is 13.9 Å². The number of carbonyl (C=O) groups excluding carboxylic acids is 1. The van der Waals surface area contributed by atoms with Gasteiger partial charge in [-0.2, -0.15) is 0 Å². The molecule has 0 saturated carbocycles. The summed E-state index contributed by atoms with van der Waals surface area (Å²) < 4.78 is 11.0. The van der Waals surface area contributed by atoms with Crippen molar-refractivity contribution in [3.63, 3.8) is 0 Å². The summed E-state index contributed by atoms with van der Waals surface area (Å²) in [4.78, 5) is 11.9. The first-order valence-corrected chi connectivity index (χ1v) is 8.52. The zero-order valence-electron chi connectivity index (χ0n) is 14.9. The van der Waals surface area contributed by atoms with Crippen LogP contribution < -0.4 is 10.1 Å². The number of nitrogens with zero attached hydrogens (tertiary/aromatic N) is 2. The van der Waals surface area contributed by atoms with E-state index in [9.17, 15) is 4.79 Å². The molecule has 6 nitrogen and oxygen atoms in total. The smallest absolute Gasteiger partial charge is 0.258 e. The highest BCUT2D eigenvalue weighted by Crippen LogP contribution is 2.21. The first-order chi connectivity index (χ1) is 12.6. The molecule has 0 atom stereocenters. The summed E-state index contributed by atoms with van der Waals surface area (Å²) in [5.74, 6) is 1.52. The van der Waals surface area contributed by atoms with Crippen LogP contribution in [0.25, 0.3) is 11.5 Å². The number of hydrogen-bond donors (Lipinski definition) is 1. The Morgan fingerprint density at radius 2 is 1.81 bits per heavy atom. The van der Waals surface area contributed by atoms with Gasteiger partial charge in [0, 0.05) is 18.5 Å². The average molecular weight is 351 g/mol. The van der Waals surface area contributed by atoms with Crippen LogP contribution in [0.5, 0.6) is 5.75 Å². The average Bonchev–Trinajstić information content (AvgIpc) is 3.15. The number of nitrogens with one attached hydrogen (secondary N) is 1. The summed E-state index contributed by atoms with van der Waals surface area (Å²) in [6.45, 7) is 4.44. The number of aryl methyl sites for hydroxylation is 2. The van der Waals surface area contributed by atoms with Gasteiger partial charge in [0.25, 0.3) is 5.91 Å². The molecule has 0 unspecified atom stereocenters. The van der Waals surface area contributed by atoms with Gasteiger partial charge < -0.3 is 14.5 Å². The van der Waals surface area contributed by atoms with Gasteiger partial charge in [-0.15, -0.1) is 10.2 Å². The molecule has 1 N–H and O–H groups in total. The van der Waals surface area contributed by atoms with Gasteiger partial charge in [0.15, 0.2) is 6.61 Å².